The van der Waals surface area contributed by atoms with Gasteiger partial charge in [0, 0.05) is 15.5 Å². The van der Waals surface area contributed by atoms with Gasteiger partial charge in [-0.05, 0) is 6.92 Å². The SMILES string of the molecule is CC(=O)[O-].C[SiH2]C.[Na+]. The molecule has 0 saturated carbocycles. The normalized spacial score (nSPS) is 5.38. The molecular formula is C4H11NaO2Si. The molecule has 0 aromatic heterocycles. The van der Waals surface area contributed by atoms with Crippen molar-refractivity contribution in [2.45, 2.75) is 20.0 Å². The minimum atomic E-state index is -1.08. The van der Waals surface area contributed by atoms with Crippen LogP contribution in [0, 0.1) is 0 Å². The van der Waals surface area contributed by atoms with Gasteiger partial charge in [0.1, 0.15) is 0 Å². The Balaban J connectivity index is -0.0000000575. The summed E-state index contributed by atoms with van der Waals surface area (Å²) in [6.07, 6.45) is 0. The van der Waals surface area contributed by atoms with E-state index in [0.29, 0.717) is 9.52 Å². The first-order chi connectivity index (χ1) is 3.15. The second-order valence-corrected chi connectivity index (χ2v) is 2.61. The van der Waals surface area contributed by atoms with E-state index in [2.05, 4.69) is 13.1 Å². The number of aliphatic carboxylic acids is 1. The van der Waals surface area contributed by atoms with Gasteiger partial charge < -0.3 is 9.90 Å². The van der Waals surface area contributed by atoms with Gasteiger partial charge in [-0.1, -0.05) is 13.1 Å². The van der Waals surface area contributed by atoms with Gasteiger partial charge in [0.05, 0.1) is 0 Å². The Morgan fingerprint density at radius 2 is 1.50 bits per heavy atom. The summed E-state index contributed by atoms with van der Waals surface area (Å²) in [4.78, 5) is 8.89. The Kier molecular flexibility index (Phi) is 31.0. The maximum Gasteiger partial charge on any atom is 1.00 e. The molecule has 0 heterocycles. The van der Waals surface area contributed by atoms with E-state index in [1.54, 1.807) is 0 Å². The number of carboxylic acids is 1. The van der Waals surface area contributed by atoms with Crippen molar-refractivity contribution in [2.75, 3.05) is 0 Å². The zero-order valence-corrected chi connectivity index (χ0v) is 9.44. The number of carboxylic acid groups (broad SMARTS) is 1. The molecule has 44 valence electrons. The summed E-state index contributed by atoms with van der Waals surface area (Å²) in [6.45, 7) is 5.50. The van der Waals surface area contributed by atoms with E-state index in [1.165, 1.54) is 0 Å². The molecule has 0 rings (SSSR count). The summed E-state index contributed by atoms with van der Waals surface area (Å²) in [7, 11) is 0.417. The van der Waals surface area contributed by atoms with Crippen molar-refractivity contribution in [2.24, 2.45) is 0 Å². The van der Waals surface area contributed by atoms with Crippen molar-refractivity contribution in [3.8, 4) is 0 Å². The molecule has 0 atom stereocenters. The predicted octanol–water partition coefficient (Wildman–Crippen LogP) is -3.99. The van der Waals surface area contributed by atoms with E-state index < -0.39 is 5.97 Å². The molecule has 0 bridgehead atoms. The quantitative estimate of drug-likeness (QED) is 0.324. The molecule has 0 radical (unpaired) electrons. The van der Waals surface area contributed by atoms with Crippen LogP contribution < -0.4 is 34.7 Å². The van der Waals surface area contributed by atoms with Gasteiger partial charge in [0.15, 0.2) is 0 Å². The Hall–Kier alpha value is 0.687. The van der Waals surface area contributed by atoms with Crippen molar-refractivity contribution >= 4 is 15.5 Å². The topological polar surface area (TPSA) is 40.1 Å². The molecule has 0 aromatic rings. The van der Waals surface area contributed by atoms with Crippen LogP contribution in [0.15, 0.2) is 0 Å². The number of carbonyl (C=O) groups excluding carboxylic acids is 1. The maximum atomic E-state index is 8.89. The third-order valence-electron chi connectivity index (χ3n) is 0. The molecule has 0 aromatic carbocycles. The van der Waals surface area contributed by atoms with Crippen molar-refractivity contribution in [3.05, 3.63) is 0 Å². The summed E-state index contributed by atoms with van der Waals surface area (Å²) in [5.41, 5.74) is 0. The largest absolute Gasteiger partial charge is 1.00 e. The fraction of sp³-hybridized carbons (Fsp3) is 0.750. The van der Waals surface area contributed by atoms with Gasteiger partial charge in [-0.25, -0.2) is 0 Å². The van der Waals surface area contributed by atoms with Crippen molar-refractivity contribution in [3.63, 3.8) is 0 Å². The fourth-order valence-electron chi connectivity index (χ4n) is 0. The summed E-state index contributed by atoms with van der Waals surface area (Å²) < 4.78 is 0. The molecule has 0 aliphatic heterocycles. The van der Waals surface area contributed by atoms with Crippen LogP contribution in [0.2, 0.25) is 13.1 Å². The zero-order valence-electron chi connectivity index (χ0n) is 6.02. The average Bonchev–Trinajstić information content (AvgIpc) is 1.33. The third kappa shape index (κ3) is 458. The number of hydrogen-bond acceptors (Lipinski definition) is 2. The Morgan fingerprint density at radius 3 is 1.50 bits per heavy atom. The van der Waals surface area contributed by atoms with Crippen LogP contribution >= 0.6 is 0 Å². The summed E-state index contributed by atoms with van der Waals surface area (Å²) >= 11 is 0. The van der Waals surface area contributed by atoms with E-state index in [1.807, 2.05) is 0 Å². The Bertz CT molecular complexity index is 45.3. The Labute approximate surface area is 74.8 Å². The number of rotatable bonds is 0. The van der Waals surface area contributed by atoms with Gasteiger partial charge in [0.25, 0.3) is 0 Å². The fourth-order valence-corrected chi connectivity index (χ4v) is 0. The smallest absolute Gasteiger partial charge is 0.550 e. The van der Waals surface area contributed by atoms with E-state index >= 15 is 0 Å². The molecule has 4 heteroatoms. The first kappa shape index (κ1) is 15.9. The average molecular weight is 142 g/mol. The van der Waals surface area contributed by atoms with Crippen LogP contribution in [0.1, 0.15) is 6.92 Å². The first-order valence-electron chi connectivity index (χ1n) is 2.32. The van der Waals surface area contributed by atoms with Crippen LogP contribution in [0.3, 0.4) is 0 Å². The van der Waals surface area contributed by atoms with Gasteiger partial charge in [0.2, 0.25) is 0 Å². The molecule has 0 fully saturated rings. The second-order valence-electron chi connectivity index (χ2n) is 1.20. The summed E-state index contributed by atoms with van der Waals surface area (Å²) in [6, 6.07) is 0. The predicted molar refractivity (Wildman–Crippen MR) is 31.0 cm³/mol. The van der Waals surface area contributed by atoms with Gasteiger partial charge in [-0.3, -0.25) is 0 Å². The van der Waals surface area contributed by atoms with Crippen LogP contribution in [-0.2, 0) is 4.79 Å². The molecule has 0 N–H and O–H groups in total. The van der Waals surface area contributed by atoms with Gasteiger partial charge in [-0.15, -0.1) is 0 Å². The molecule has 0 aliphatic carbocycles. The molecule has 2 nitrogen and oxygen atoms in total. The first-order valence-corrected chi connectivity index (χ1v) is 5.15. The maximum absolute atomic E-state index is 8.89. The van der Waals surface area contributed by atoms with E-state index in [4.69, 9.17) is 9.90 Å². The van der Waals surface area contributed by atoms with Crippen LogP contribution in [0.25, 0.3) is 0 Å². The van der Waals surface area contributed by atoms with E-state index in [0.717, 1.165) is 6.92 Å². The summed E-state index contributed by atoms with van der Waals surface area (Å²) in [5, 5.41) is 8.89. The number of hydrogen-bond donors (Lipinski definition) is 0. The van der Waals surface area contributed by atoms with Gasteiger partial charge >= 0.3 is 29.6 Å². The minimum absolute atomic E-state index is 0. The molecular weight excluding hydrogens is 131 g/mol. The summed E-state index contributed by atoms with van der Waals surface area (Å²) in [5.74, 6) is -1.08. The second kappa shape index (κ2) is 15.6. The van der Waals surface area contributed by atoms with Crippen molar-refractivity contribution < 1.29 is 39.5 Å². The third-order valence-corrected chi connectivity index (χ3v) is 0. The van der Waals surface area contributed by atoms with Gasteiger partial charge in [-0.2, -0.15) is 0 Å². The Morgan fingerprint density at radius 1 is 1.50 bits per heavy atom. The molecule has 0 saturated heterocycles. The standard InChI is InChI=1S/C2H4O2.C2H8Si.Na/c1-2(3)4;1-3-2;/h1H3,(H,3,4);3H2,1-2H3;/q;;+1/p-1. The van der Waals surface area contributed by atoms with Crippen LogP contribution in [0.5, 0.6) is 0 Å². The molecule has 0 unspecified atom stereocenters. The molecule has 0 aliphatic rings. The van der Waals surface area contributed by atoms with E-state index in [9.17, 15) is 0 Å². The monoisotopic (exact) mass is 142 g/mol. The zero-order chi connectivity index (χ0) is 6.28. The minimum Gasteiger partial charge on any atom is -0.550 e. The molecule has 0 spiro atoms. The number of carbonyl (C=O) groups is 1. The van der Waals surface area contributed by atoms with Crippen molar-refractivity contribution in [1.82, 2.24) is 0 Å². The van der Waals surface area contributed by atoms with Crippen molar-refractivity contribution in [1.29, 1.82) is 0 Å². The molecule has 8 heavy (non-hydrogen) atoms. The van der Waals surface area contributed by atoms with Crippen LogP contribution in [0.4, 0.5) is 0 Å². The van der Waals surface area contributed by atoms with Crippen LogP contribution in [-0.4, -0.2) is 15.5 Å². The van der Waals surface area contributed by atoms with E-state index in [-0.39, 0.29) is 29.6 Å². The molecule has 0 amide bonds.